The predicted octanol–water partition coefficient (Wildman–Crippen LogP) is 1.64. The van der Waals surface area contributed by atoms with Gasteiger partial charge in [0.25, 0.3) is 5.91 Å². The summed E-state index contributed by atoms with van der Waals surface area (Å²) in [5, 5.41) is 11.9. The smallest absolute Gasteiger partial charge is 0.253 e. The Morgan fingerprint density at radius 2 is 1.90 bits per heavy atom. The van der Waals surface area contributed by atoms with Crippen molar-refractivity contribution in [1.29, 1.82) is 5.26 Å². The van der Waals surface area contributed by atoms with Crippen LogP contribution in [0, 0.1) is 17.2 Å². The van der Waals surface area contributed by atoms with Gasteiger partial charge in [-0.3, -0.25) is 14.5 Å². The molecule has 0 saturated carbocycles. The summed E-state index contributed by atoms with van der Waals surface area (Å²) < 4.78 is 5.00. The summed E-state index contributed by atoms with van der Waals surface area (Å²) >= 11 is 0. The molecule has 0 aromatic heterocycles. The van der Waals surface area contributed by atoms with Gasteiger partial charge in [-0.15, -0.1) is 0 Å². The number of likely N-dealkylation sites (tertiary alicyclic amines) is 2. The Bertz CT molecular complexity index is 735. The average Bonchev–Trinajstić information content (AvgIpc) is 2.79. The topological polar surface area (TPSA) is 85.7 Å². The third-order valence-corrected chi connectivity index (χ3v) is 5.96. The van der Waals surface area contributed by atoms with Crippen LogP contribution in [0.5, 0.6) is 0 Å². The van der Waals surface area contributed by atoms with E-state index in [0.717, 1.165) is 51.9 Å². The predicted molar refractivity (Wildman–Crippen MR) is 109 cm³/mol. The molecule has 1 aromatic rings. The number of amides is 2. The molecule has 2 saturated heterocycles. The van der Waals surface area contributed by atoms with Crippen molar-refractivity contribution in [2.75, 3.05) is 46.4 Å². The monoisotopic (exact) mass is 398 g/mol. The third-order valence-electron chi connectivity index (χ3n) is 5.96. The lowest BCUT2D eigenvalue weighted by Gasteiger charge is -2.42. The molecule has 0 aliphatic carbocycles. The number of piperidine rings is 2. The van der Waals surface area contributed by atoms with Crippen LogP contribution in [0.25, 0.3) is 0 Å². The average molecular weight is 399 g/mol. The number of methoxy groups -OCH3 is 1. The second kappa shape index (κ2) is 10.4. The zero-order valence-electron chi connectivity index (χ0n) is 17.1. The molecule has 7 heteroatoms. The molecule has 0 spiro atoms. The van der Waals surface area contributed by atoms with Crippen molar-refractivity contribution in [1.82, 2.24) is 15.1 Å². The van der Waals surface area contributed by atoms with Gasteiger partial charge < -0.3 is 15.0 Å². The summed E-state index contributed by atoms with van der Waals surface area (Å²) in [6, 6.07) is 9.33. The number of benzene rings is 1. The number of nitrogens with zero attached hydrogens (tertiary/aromatic N) is 3. The van der Waals surface area contributed by atoms with Crippen molar-refractivity contribution in [3.05, 3.63) is 35.4 Å². The van der Waals surface area contributed by atoms with Gasteiger partial charge in [-0.1, -0.05) is 0 Å². The van der Waals surface area contributed by atoms with Gasteiger partial charge in [-0.2, -0.15) is 5.26 Å². The van der Waals surface area contributed by atoms with E-state index in [9.17, 15) is 9.59 Å². The molecule has 0 bridgehead atoms. The molecule has 1 aromatic carbocycles. The Kier molecular flexibility index (Phi) is 7.62. The minimum absolute atomic E-state index is 0.0296. The standard InChI is InChI=1S/C22H30N4O3/c1-29-14-10-24-21(27)19-3-2-11-26(16-19)20-8-12-25(13-9-20)22(28)18-6-4-17(15-23)5-7-18/h4-7,19-20H,2-3,8-14,16H2,1H3,(H,24,27)/t19-/m0/s1. The van der Waals surface area contributed by atoms with Crippen molar-refractivity contribution in [2.24, 2.45) is 5.92 Å². The number of nitriles is 1. The van der Waals surface area contributed by atoms with Crippen LogP contribution >= 0.6 is 0 Å². The van der Waals surface area contributed by atoms with Crippen LogP contribution in [0.3, 0.4) is 0 Å². The largest absolute Gasteiger partial charge is 0.383 e. The first-order valence-electron chi connectivity index (χ1n) is 10.4. The van der Waals surface area contributed by atoms with Gasteiger partial charge in [-0.05, 0) is 56.5 Å². The van der Waals surface area contributed by atoms with Gasteiger partial charge in [0.1, 0.15) is 0 Å². The van der Waals surface area contributed by atoms with Crippen molar-refractivity contribution in [2.45, 2.75) is 31.7 Å². The van der Waals surface area contributed by atoms with E-state index in [4.69, 9.17) is 10.00 Å². The van der Waals surface area contributed by atoms with Crippen molar-refractivity contribution in [3.63, 3.8) is 0 Å². The fourth-order valence-electron chi connectivity index (χ4n) is 4.28. The fourth-order valence-corrected chi connectivity index (χ4v) is 4.28. The van der Waals surface area contributed by atoms with Gasteiger partial charge in [-0.25, -0.2) is 0 Å². The highest BCUT2D eigenvalue weighted by Gasteiger charge is 2.32. The number of nitrogens with one attached hydrogen (secondary N) is 1. The molecular formula is C22H30N4O3. The summed E-state index contributed by atoms with van der Waals surface area (Å²) in [4.78, 5) is 29.4. The van der Waals surface area contributed by atoms with E-state index in [1.165, 1.54) is 0 Å². The lowest BCUT2D eigenvalue weighted by Crippen LogP contribution is -2.51. The van der Waals surface area contributed by atoms with E-state index < -0.39 is 0 Å². The van der Waals surface area contributed by atoms with Crippen molar-refractivity contribution in [3.8, 4) is 6.07 Å². The molecule has 3 rings (SSSR count). The number of rotatable bonds is 6. The lowest BCUT2D eigenvalue weighted by atomic mass is 9.93. The molecule has 7 nitrogen and oxygen atoms in total. The number of carbonyl (C=O) groups is 2. The van der Waals surface area contributed by atoms with Gasteiger partial charge in [0.2, 0.25) is 5.91 Å². The first-order valence-corrected chi connectivity index (χ1v) is 10.4. The molecule has 2 heterocycles. The quantitative estimate of drug-likeness (QED) is 0.737. The summed E-state index contributed by atoms with van der Waals surface area (Å²) in [7, 11) is 1.63. The Morgan fingerprint density at radius 1 is 1.17 bits per heavy atom. The van der Waals surface area contributed by atoms with E-state index in [0.29, 0.717) is 30.3 Å². The highest BCUT2D eigenvalue weighted by molar-refractivity contribution is 5.94. The van der Waals surface area contributed by atoms with Crippen molar-refractivity contribution >= 4 is 11.8 Å². The first kappa shape index (κ1) is 21.3. The van der Waals surface area contributed by atoms with Crippen molar-refractivity contribution < 1.29 is 14.3 Å². The van der Waals surface area contributed by atoms with E-state index >= 15 is 0 Å². The van der Waals surface area contributed by atoms with Crippen LogP contribution in [0.4, 0.5) is 0 Å². The molecule has 1 atom stereocenters. The van der Waals surface area contributed by atoms with E-state index in [-0.39, 0.29) is 17.7 Å². The highest BCUT2D eigenvalue weighted by Crippen LogP contribution is 2.24. The lowest BCUT2D eigenvalue weighted by molar-refractivity contribution is -0.127. The molecule has 0 unspecified atom stereocenters. The molecule has 156 valence electrons. The molecular weight excluding hydrogens is 368 g/mol. The second-order valence-corrected chi connectivity index (χ2v) is 7.83. The minimum Gasteiger partial charge on any atom is -0.383 e. The van der Waals surface area contributed by atoms with Crippen LogP contribution in [0.1, 0.15) is 41.6 Å². The molecule has 2 fully saturated rings. The SMILES string of the molecule is COCCNC(=O)[C@H]1CCCN(C2CCN(C(=O)c3ccc(C#N)cc3)CC2)C1. The van der Waals surface area contributed by atoms with Crippen LogP contribution < -0.4 is 5.32 Å². The normalized spacial score (nSPS) is 20.8. The Hall–Kier alpha value is -2.43. The third kappa shape index (κ3) is 5.55. The van der Waals surface area contributed by atoms with Crippen LogP contribution in [0.2, 0.25) is 0 Å². The first-order chi connectivity index (χ1) is 14.1. The molecule has 2 aliphatic rings. The minimum atomic E-state index is 0.0296. The summed E-state index contributed by atoms with van der Waals surface area (Å²) in [5.74, 6) is 0.195. The maximum atomic E-state index is 12.7. The Balaban J connectivity index is 1.48. The molecule has 0 radical (unpaired) electrons. The van der Waals surface area contributed by atoms with E-state index in [1.807, 2.05) is 4.90 Å². The maximum absolute atomic E-state index is 12.7. The van der Waals surface area contributed by atoms with Gasteiger partial charge >= 0.3 is 0 Å². The summed E-state index contributed by atoms with van der Waals surface area (Å²) in [5.41, 5.74) is 1.19. The van der Waals surface area contributed by atoms with Gasteiger partial charge in [0, 0.05) is 44.9 Å². The van der Waals surface area contributed by atoms with E-state index in [1.54, 1.807) is 31.4 Å². The molecule has 29 heavy (non-hydrogen) atoms. The maximum Gasteiger partial charge on any atom is 0.253 e. The van der Waals surface area contributed by atoms with Crippen LogP contribution in [-0.2, 0) is 9.53 Å². The van der Waals surface area contributed by atoms with Crippen LogP contribution in [-0.4, -0.2) is 74.1 Å². The van der Waals surface area contributed by atoms with Gasteiger partial charge in [0.05, 0.1) is 24.2 Å². The second-order valence-electron chi connectivity index (χ2n) is 7.83. The number of ether oxygens (including phenoxy) is 1. The fraction of sp³-hybridized carbons (Fsp3) is 0.591. The number of carbonyl (C=O) groups excluding carboxylic acids is 2. The van der Waals surface area contributed by atoms with Gasteiger partial charge in [0.15, 0.2) is 0 Å². The number of hydrogen-bond donors (Lipinski definition) is 1. The zero-order valence-corrected chi connectivity index (χ0v) is 17.1. The van der Waals surface area contributed by atoms with E-state index in [2.05, 4.69) is 16.3 Å². The Morgan fingerprint density at radius 3 is 2.55 bits per heavy atom. The summed E-state index contributed by atoms with van der Waals surface area (Å²) in [6.07, 6.45) is 3.83. The number of hydrogen-bond acceptors (Lipinski definition) is 5. The molecule has 2 amide bonds. The van der Waals surface area contributed by atoms with Crippen LogP contribution in [0.15, 0.2) is 24.3 Å². The molecule has 2 aliphatic heterocycles. The molecule has 1 N–H and O–H groups in total. The summed E-state index contributed by atoms with van der Waals surface area (Å²) in [6.45, 7) is 4.37. The highest BCUT2D eigenvalue weighted by atomic mass is 16.5. The zero-order chi connectivity index (χ0) is 20.6. The Labute approximate surface area is 172 Å².